The number of carbonyl (C=O) groups excluding carboxylic acids is 1. The molecule has 5 heteroatoms. The second kappa shape index (κ2) is 4.53. The van der Waals surface area contributed by atoms with E-state index in [0.717, 1.165) is 15.7 Å². The maximum absolute atomic E-state index is 12.1. The van der Waals surface area contributed by atoms with Crippen LogP contribution in [0, 0.1) is 0 Å². The molecule has 98 valence electrons. The van der Waals surface area contributed by atoms with Crippen LogP contribution in [0.25, 0.3) is 0 Å². The van der Waals surface area contributed by atoms with Gasteiger partial charge in [-0.25, -0.2) is 4.79 Å². The van der Waals surface area contributed by atoms with Crippen molar-refractivity contribution in [2.45, 2.75) is 45.9 Å². The molecular formula is C13H17BrN2O2. The highest BCUT2D eigenvalue weighted by molar-refractivity contribution is 9.10. The summed E-state index contributed by atoms with van der Waals surface area (Å²) < 4.78 is 6.33. The average molecular weight is 313 g/mol. The van der Waals surface area contributed by atoms with Crippen LogP contribution in [-0.4, -0.2) is 21.6 Å². The molecule has 1 aliphatic rings. The van der Waals surface area contributed by atoms with Gasteiger partial charge in [0.15, 0.2) is 0 Å². The van der Waals surface area contributed by atoms with E-state index < -0.39 is 5.60 Å². The van der Waals surface area contributed by atoms with Crippen LogP contribution < -0.4 is 0 Å². The van der Waals surface area contributed by atoms with Gasteiger partial charge in [-0.05, 0) is 55.3 Å². The fourth-order valence-electron chi connectivity index (χ4n) is 2.01. The zero-order chi connectivity index (χ0) is 13.5. The number of halogens is 1. The van der Waals surface area contributed by atoms with Gasteiger partial charge in [-0.3, -0.25) is 9.88 Å². The number of amides is 1. The van der Waals surface area contributed by atoms with E-state index in [4.69, 9.17) is 4.74 Å². The maximum atomic E-state index is 12.1. The van der Waals surface area contributed by atoms with Crippen LogP contribution in [0.4, 0.5) is 4.79 Å². The molecule has 2 rings (SSSR count). The van der Waals surface area contributed by atoms with Crippen molar-refractivity contribution in [2.24, 2.45) is 0 Å². The van der Waals surface area contributed by atoms with Crippen LogP contribution in [0.5, 0.6) is 0 Å². The Morgan fingerprint density at radius 2 is 2.22 bits per heavy atom. The van der Waals surface area contributed by atoms with Crippen LogP contribution in [0.15, 0.2) is 16.7 Å². The number of aromatic nitrogens is 1. The van der Waals surface area contributed by atoms with Gasteiger partial charge in [-0.2, -0.15) is 0 Å². The van der Waals surface area contributed by atoms with Crippen molar-refractivity contribution < 1.29 is 9.53 Å². The largest absolute Gasteiger partial charge is 0.444 e. The van der Waals surface area contributed by atoms with Crippen LogP contribution >= 0.6 is 15.9 Å². The van der Waals surface area contributed by atoms with E-state index in [2.05, 4.69) is 20.9 Å². The maximum Gasteiger partial charge on any atom is 0.411 e. The number of hydrogen-bond donors (Lipinski definition) is 0. The molecule has 1 aliphatic heterocycles. The summed E-state index contributed by atoms with van der Waals surface area (Å²) in [6, 6.07) is 1.96. The number of nitrogens with zero attached hydrogens (tertiary/aromatic N) is 2. The van der Waals surface area contributed by atoms with E-state index in [-0.39, 0.29) is 12.1 Å². The molecule has 0 spiro atoms. The third kappa shape index (κ3) is 2.66. The molecule has 18 heavy (non-hydrogen) atoms. The van der Waals surface area contributed by atoms with Crippen molar-refractivity contribution >= 4 is 22.0 Å². The molecule has 0 aliphatic carbocycles. The fraction of sp³-hybridized carbons (Fsp3) is 0.538. The topological polar surface area (TPSA) is 42.4 Å². The van der Waals surface area contributed by atoms with Crippen molar-refractivity contribution in [3.8, 4) is 0 Å². The molecule has 1 atom stereocenters. The first-order valence-corrected chi connectivity index (χ1v) is 6.71. The third-order valence-electron chi connectivity index (χ3n) is 2.80. The second-order valence-electron chi connectivity index (χ2n) is 5.48. The lowest BCUT2D eigenvalue weighted by molar-refractivity contribution is 0.0185. The highest BCUT2D eigenvalue weighted by atomic mass is 79.9. The molecule has 0 N–H and O–H groups in total. The molecule has 2 heterocycles. The minimum atomic E-state index is -0.473. The summed E-state index contributed by atoms with van der Waals surface area (Å²) in [6.07, 6.45) is 1.47. The predicted octanol–water partition coefficient (Wildman–Crippen LogP) is 3.66. The Bertz CT molecular complexity index is 482. The van der Waals surface area contributed by atoms with Gasteiger partial charge in [0.25, 0.3) is 0 Å². The monoisotopic (exact) mass is 312 g/mol. The Hall–Kier alpha value is -1.10. The van der Waals surface area contributed by atoms with E-state index in [1.54, 1.807) is 11.1 Å². The smallest absolute Gasteiger partial charge is 0.411 e. The molecule has 1 aromatic heterocycles. The molecule has 0 saturated heterocycles. The fourth-order valence-corrected chi connectivity index (χ4v) is 2.38. The van der Waals surface area contributed by atoms with Crippen molar-refractivity contribution in [3.63, 3.8) is 0 Å². The van der Waals surface area contributed by atoms with Crippen molar-refractivity contribution in [1.29, 1.82) is 0 Å². The normalized spacial score (nSPS) is 18.7. The van der Waals surface area contributed by atoms with Crippen LogP contribution in [0.2, 0.25) is 0 Å². The number of hydrogen-bond acceptors (Lipinski definition) is 3. The van der Waals surface area contributed by atoms with E-state index in [9.17, 15) is 4.79 Å². The predicted molar refractivity (Wildman–Crippen MR) is 72.1 cm³/mol. The summed E-state index contributed by atoms with van der Waals surface area (Å²) in [5, 5.41) is 0. The van der Waals surface area contributed by atoms with E-state index in [0.29, 0.717) is 6.54 Å². The van der Waals surface area contributed by atoms with E-state index in [1.807, 2.05) is 33.8 Å². The molecule has 0 unspecified atom stereocenters. The Labute approximate surface area is 115 Å². The zero-order valence-electron chi connectivity index (χ0n) is 11.0. The number of fused-ring (bicyclic) bond motifs is 1. The van der Waals surface area contributed by atoms with E-state index in [1.165, 1.54) is 0 Å². The Morgan fingerprint density at radius 1 is 1.56 bits per heavy atom. The summed E-state index contributed by atoms with van der Waals surface area (Å²) in [7, 11) is 0. The second-order valence-corrected chi connectivity index (χ2v) is 6.40. The molecular weight excluding hydrogens is 296 g/mol. The molecule has 0 bridgehead atoms. The zero-order valence-corrected chi connectivity index (χ0v) is 12.6. The number of pyridine rings is 1. The third-order valence-corrected chi connectivity index (χ3v) is 3.23. The van der Waals surface area contributed by atoms with Gasteiger partial charge in [-0.15, -0.1) is 0 Å². The van der Waals surface area contributed by atoms with Crippen LogP contribution in [-0.2, 0) is 11.3 Å². The van der Waals surface area contributed by atoms with Gasteiger partial charge in [0, 0.05) is 10.7 Å². The van der Waals surface area contributed by atoms with Gasteiger partial charge in [0.05, 0.1) is 18.3 Å². The molecule has 0 aromatic carbocycles. The van der Waals surface area contributed by atoms with Crippen molar-refractivity contribution in [3.05, 3.63) is 28.0 Å². The van der Waals surface area contributed by atoms with Gasteiger partial charge >= 0.3 is 6.09 Å². The molecule has 1 aromatic rings. The van der Waals surface area contributed by atoms with Gasteiger partial charge < -0.3 is 4.74 Å². The first kappa shape index (κ1) is 13.3. The van der Waals surface area contributed by atoms with Crippen molar-refractivity contribution in [1.82, 2.24) is 9.88 Å². The quantitative estimate of drug-likeness (QED) is 0.734. The van der Waals surface area contributed by atoms with E-state index >= 15 is 0 Å². The lowest BCUT2D eigenvalue weighted by Gasteiger charge is -2.26. The van der Waals surface area contributed by atoms with Gasteiger partial charge in [-0.1, -0.05) is 0 Å². The Kier molecular flexibility index (Phi) is 3.36. The van der Waals surface area contributed by atoms with Crippen molar-refractivity contribution in [2.75, 3.05) is 0 Å². The highest BCUT2D eigenvalue weighted by Gasteiger charge is 2.34. The lowest BCUT2D eigenvalue weighted by Crippen LogP contribution is -2.35. The summed E-state index contributed by atoms with van der Waals surface area (Å²) in [6.45, 7) is 8.13. The molecule has 0 radical (unpaired) electrons. The molecule has 0 fully saturated rings. The lowest BCUT2D eigenvalue weighted by atomic mass is 10.2. The minimum absolute atomic E-state index is 0.0389. The van der Waals surface area contributed by atoms with Crippen LogP contribution in [0.3, 0.4) is 0 Å². The molecule has 4 nitrogen and oxygen atoms in total. The highest BCUT2D eigenvalue weighted by Crippen LogP contribution is 2.33. The molecule has 1 amide bonds. The minimum Gasteiger partial charge on any atom is -0.444 e. The number of carbonyl (C=O) groups is 1. The summed E-state index contributed by atoms with van der Waals surface area (Å²) in [5.41, 5.74) is 1.55. The Morgan fingerprint density at radius 3 is 2.83 bits per heavy atom. The first-order valence-electron chi connectivity index (χ1n) is 5.92. The molecule has 0 saturated carbocycles. The average Bonchev–Trinajstić information content (AvgIpc) is 2.53. The van der Waals surface area contributed by atoms with Gasteiger partial charge in [0.1, 0.15) is 5.60 Å². The summed E-state index contributed by atoms with van der Waals surface area (Å²) in [4.78, 5) is 18.2. The Balaban J connectivity index is 2.18. The van der Waals surface area contributed by atoms with Gasteiger partial charge in [0.2, 0.25) is 0 Å². The number of ether oxygens (including phenoxy) is 1. The van der Waals surface area contributed by atoms with Crippen LogP contribution in [0.1, 0.15) is 45.0 Å². The standard InChI is InChI=1S/C13H17BrN2O2/c1-8-11-9(5-10(14)6-15-11)7-16(8)12(17)18-13(2,3)4/h5-6,8H,7H2,1-4H3/t8-/m0/s1. The SMILES string of the molecule is C[C@H]1c2ncc(Br)cc2CN1C(=O)OC(C)(C)C. The summed E-state index contributed by atoms with van der Waals surface area (Å²) >= 11 is 3.39. The summed E-state index contributed by atoms with van der Waals surface area (Å²) in [5.74, 6) is 0. The number of rotatable bonds is 0. The first-order chi connectivity index (χ1) is 8.28.